The summed E-state index contributed by atoms with van der Waals surface area (Å²) in [5, 5.41) is 10.7. The Morgan fingerprint density at radius 3 is 2.81 bits per heavy atom. The maximum absolute atomic E-state index is 10.0. The zero-order valence-corrected chi connectivity index (χ0v) is 9.74. The second-order valence-electron chi connectivity index (χ2n) is 3.86. The van der Waals surface area contributed by atoms with E-state index in [1.807, 2.05) is 31.2 Å². The Morgan fingerprint density at radius 1 is 1.38 bits per heavy atom. The molecule has 0 spiro atoms. The molecule has 16 heavy (non-hydrogen) atoms. The van der Waals surface area contributed by atoms with Crippen LogP contribution in [0, 0.1) is 6.92 Å². The van der Waals surface area contributed by atoms with Gasteiger partial charge in [0.2, 0.25) is 0 Å². The highest BCUT2D eigenvalue weighted by molar-refractivity contribution is 6.30. The van der Waals surface area contributed by atoms with E-state index in [-0.39, 0.29) is 0 Å². The van der Waals surface area contributed by atoms with Gasteiger partial charge in [-0.2, -0.15) is 0 Å². The fraction of sp³-hybridized carbons (Fsp3) is 0.231. The summed E-state index contributed by atoms with van der Waals surface area (Å²) >= 11 is 5.94. The van der Waals surface area contributed by atoms with E-state index in [0.29, 0.717) is 11.4 Å². The Hall–Kier alpha value is -1.25. The number of benzene rings is 1. The maximum Gasteiger partial charge on any atom is 0.106 e. The van der Waals surface area contributed by atoms with Crippen molar-refractivity contribution in [1.82, 2.24) is 0 Å². The number of hydrogen-bond donors (Lipinski definition) is 1. The third-order valence-corrected chi connectivity index (χ3v) is 2.64. The molecule has 1 aromatic carbocycles. The van der Waals surface area contributed by atoms with Crippen LogP contribution >= 0.6 is 11.6 Å². The van der Waals surface area contributed by atoms with Crippen molar-refractivity contribution in [3.8, 4) is 0 Å². The summed E-state index contributed by atoms with van der Waals surface area (Å²) in [7, 11) is 0. The van der Waals surface area contributed by atoms with Gasteiger partial charge < -0.3 is 9.52 Å². The molecule has 3 heteroatoms. The molecule has 0 aliphatic heterocycles. The first-order valence-corrected chi connectivity index (χ1v) is 5.50. The lowest BCUT2D eigenvalue weighted by Gasteiger charge is -2.10. The predicted octanol–water partition coefficient (Wildman–Crippen LogP) is 3.52. The molecule has 1 atom stereocenters. The normalized spacial score (nSPS) is 12.7. The second-order valence-corrected chi connectivity index (χ2v) is 4.30. The minimum Gasteiger partial charge on any atom is -0.469 e. The van der Waals surface area contributed by atoms with Crippen LogP contribution < -0.4 is 0 Å². The number of furan rings is 1. The van der Waals surface area contributed by atoms with Crippen LogP contribution in [0.4, 0.5) is 0 Å². The van der Waals surface area contributed by atoms with E-state index in [2.05, 4.69) is 0 Å². The molecule has 2 aromatic rings. The average Bonchev–Trinajstić information content (AvgIpc) is 2.68. The maximum atomic E-state index is 10.0. The SMILES string of the molecule is Cc1cc(Cl)cc(C(O)Cc2ccco2)c1. The fourth-order valence-electron chi connectivity index (χ4n) is 1.69. The standard InChI is InChI=1S/C13H13ClO2/c1-9-5-10(7-11(14)6-9)13(15)8-12-3-2-4-16-12/h2-7,13,15H,8H2,1H3. The molecule has 2 rings (SSSR count). The van der Waals surface area contributed by atoms with Crippen LogP contribution in [0.15, 0.2) is 41.0 Å². The third kappa shape index (κ3) is 2.65. The zero-order chi connectivity index (χ0) is 11.5. The van der Waals surface area contributed by atoms with Gasteiger partial charge in [0.05, 0.1) is 12.4 Å². The molecule has 0 radical (unpaired) electrons. The lowest BCUT2D eigenvalue weighted by molar-refractivity contribution is 0.170. The van der Waals surface area contributed by atoms with Gasteiger partial charge in [-0.15, -0.1) is 0 Å². The minimum atomic E-state index is -0.580. The van der Waals surface area contributed by atoms with Crippen molar-refractivity contribution < 1.29 is 9.52 Å². The number of aryl methyl sites for hydroxylation is 1. The molecular formula is C13H13ClO2. The molecule has 0 fully saturated rings. The lowest BCUT2D eigenvalue weighted by Crippen LogP contribution is -2.01. The summed E-state index contributed by atoms with van der Waals surface area (Å²) in [4.78, 5) is 0. The van der Waals surface area contributed by atoms with E-state index in [1.165, 1.54) is 0 Å². The molecule has 0 saturated carbocycles. The van der Waals surface area contributed by atoms with Crippen molar-refractivity contribution in [3.63, 3.8) is 0 Å². The van der Waals surface area contributed by atoms with Gasteiger partial charge in [0.1, 0.15) is 5.76 Å². The summed E-state index contributed by atoms with van der Waals surface area (Å²) in [6.07, 6.45) is 1.49. The van der Waals surface area contributed by atoms with Crippen LogP contribution in [0.1, 0.15) is 23.0 Å². The van der Waals surface area contributed by atoms with Crippen LogP contribution in [-0.2, 0) is 6.42 Å². The first-order chi connectivity index (χ1) is 7.65. The highest BCUT2D eigenvalue weighted by Crippen LogP contribution is 2.23. The van der Waals surface area contributed by atoms with Gasteiger partial charge in [0, 0.05) is 11.4 Å². The van der Waals surface area contributed by atoms with Crippen LogP contribution in [-0.4, -0.2) is 5.11 Å². The summed E-state index contributed by atoms with van der Waals surface area (Å²) in [5.74, 6) is 0.769. The van der Waals surface area contributed by atoms with Gasteiger partial charge >= 0.3 is 0 Å². The first kappa shape index (κ1) is 11.2. The Morgan fingerprint density at radius 2 is 2.19 bits per heavy atom. The van der Waals surface area contributed by atoms with Crippen LogP contribution in [0.25, 0.3) is 0 Å². The fourth-order valence-corrected chi connectivity index (χ4v) is 1.99. The smallest absolute Gasteiger partial charge is 0.106 e. The summed E-state index contributed by atoms with van der Waals surface area (Å²) in [5.41, 5.74) is 1.86. The van der Waals surface area contributed by atoms with E-state index in [9.17, 15) is 5.11 Å². The number of hydrogen-bond acceptors (Lipinski definition) is 2. The first-order valence-electron chi connectivity index (χ1n) is 5.12. The average molecular weight is 237 g/mol. The summed E-state index contributed by atoms with van der Waals surface area (Å²) in [6.45, 7) is 1.95. The number of halogens is 1. The molecule has 0 amide bonds. The molecule has 0 aliphatic carbocycles. The van der Waals surface area contributed by atoms with Gasteiger partial charge in [-0.05, 0) is 42.3 Å². The van der Waals surface area contributed by atoms with Gasteiger partial charge in [-0.1, -0.05) is 17.7 Å². The molecule has 0 saturated heterocycles. The molecule has 0 aliphatic rings. The van der Waals surface area contributed by atoms with Gasteiger partial charge in [-0.3, -0.25) is 0 Å². The topological polar surface area (TPSA) is 33.4 Å². The summed E-state index contributed by atoms with van der Waals surface area (Å²) < 4.78 is 5.19. The molecule has 0 bridgehead atoms. The molecular weight excluding hydrogens is 224 g/mol. The van der Waals surface area contributed by atoms with E-state index >= 15 is 0 Å². The third-order valence-electron chi connectivity index (χ3n) is 2.42. The molecule has 1 N–H and O–H groups in total. The number of aliphatic hydroxyl groups excluding tert-OH is 1. The molecule has 1 unspecified atom stereocenters. The monoisotopic (exact) mass is 236 g/mol. The van der Waals surface area contributed by atoms with E-state index < -0.39 is 6.10 Å². The zero-order valence-electron chi connectivity index (χ0n) is 8.98. The van der Waals surface area contributed by atoms with Crippen molar-refractivity contribution >= 4 is 11.6 Å². The predicted molar refractivity (Wildman–Crippen MR) is 63.6 cm³/mol. The largest absolute Gasteiger partial charge is 0.469 e. The van der Waals surface area contributed by atoms with Gasteiger partial charge in [0.15, 0.2) is 0 Å². The lowest BCUT2D eigenvalue weighted by atomic mass is 10.0. The Kier molecular flexibility index (Phi) is 3.32. The highest BCUT2D eigenvalue weighted by Gasteiger charge is 2.11. The van der Waals surface area contributed by atoms with E-state index in [4.69, 9.17) is 16.0 Å². The quantitative estimate of drug-likeness (QED) is 0.885. The molecule has 2 nitrogen and oxygen atoms in total. The molecule has 1 aromatic heterocycles. The second kappa shape index (κ2) is 4.73. The van der Waals surface area contributed by atoms with Crippen molar-refractivity contribution in [2.75, 3.05) is 0 Å². The number of aliphatic hydroxyl groups is 1. The summed E-state index contributed by atoms with van der Waals surface area (Å²) in [6, 6.07) is 9.23. The Labute approximate surface area is 99.5 Å². The number of rotatable bonds is 3. The van der Waals surface area contributed by atoms with E-state index in [0.717, 1.165) is 16.9 Å². The van der Waals surface area contributed by atoms with Crippen LogP contribution in [0.2, 0.25) is 5.02 Å². The van der Waals surface area contributed by atoms with Crippen LogP contribution in [0.5, 0.6) is 0 Å². The Balaban J connectivity index is 2.17. The van der Waals surface area contributed by atoms with Crippen molar-refractivity contribution in [3.05, 3.63) is 58.5 Å². The van der Waals surface area contributed by atoms with Gasteiger partial charge in [-0.25, -0.2) is 0 Å². The van der Waals surface area contributed by atoms with E-state index in [1.54, 1.807) is 12.3 Å². The highest BCUT2D eigenvalue weighted by atomic mass is 35.5. The van der Waals surface area contributed by atoms with Crippen molar-refractivity contribution in [1.29, 1.82) is 0 Å². The molecule has 84 valence electrons. The van der Waals surface area contributed by atoms with Gasteiger partial charge in [0.25, 0.3) is 0 Å². The minimum absolute atomic E-state index is 0.465. The van der Waals surface area contributed by atoms with Crippen molar-refractivity contribution in [2.24, 2.45) is 0 Å². The Bertz CT molecular complexity index is 443. The molecule has 1 heterocycles. The van der Waals surface area contributed by atoms with Crippen molar-refractivity contribution in [2.45, 2.75) is 19.4 Å². The van der Waals surface area contributed by atoms with Crippen LogP contribution in [0.3, 0.4) is 0 Å².